The monoisotopic (exact) mass is 240 g/mol. The van der Waals surface area contributed by atoms with Gasteiger partial charge >= 0.3 is 5.97 Å². The number of aliphatic hydroxyl groups is 1. The van der Waals surface area contributed by atoms with Gasteiger partial charge in [-0.2, -0.15) is 0 Å². The maximum absolute atomic E-state index is 11.1. The van der Waals surface area contributed by atoms with Crippen molar-refractivity contribution < 1.29 is 14.6 Å². The molecule has 0 spiro atoms. The van der Waals surface area contributed by atoms with Crippen molar-refractivity contribution in [3.05, 3.63) is 34.9 Å². The van der Waals surface area contributed by atoms with E-state index in [0.717, 1.165) is 5.56 Å². The molecule has 1 aromatic carbocycles. The lowest BCUT2D eigenvalue weighted by molar-refractivity contribution is -0.159. The van der Waals surface area contributed by atoms with Crippen molar-refractivity contribution in [1.29, 1.82) is 0 Å². The summed E-state index contributed by atoms with van der Waals surface area (Å²) in [4.78, 5) is 11.1. The number of cyclic esters (lactones) is 1. The summed E-state index contributed by atoms with van der Waals surface area (Å²) in [7, 11) is 0. The van der Waals surface area contributed by atoms with Gasteiger partial charge in [-0.25, -0.2) is 0 Å². The molecular weight excluding hydrogens is 228 g/mol. The van der Waals surface area contributed by atoms with E-state index < -0.39 is 6.10 Å². The standard InChI is InChI=1S/C12H13ClO3/c13-11-4-2-1-3-8(11)5-10-6-9(14)7-12(15)16-10/h1-4,9-10,14H,5-7H2. The van der Waals surface area contributed by atoms with Crippen LogP contribution in [0, 0.1) is 0 Å². The molecule has 1 saturated heterocycles. The zero-order chi connectivity index (χ0) is 11.5. The Morgan fingerprint density at radius 2 is 2.19 bits per heavy atom. The highest BCUT2D eigenvalue weighted by Crippen LogP contribution is 2.22. The fraction of sp³-hybridized carbons (Fsp3) is 0.417. The molecule has 2 atom stereocenters. The summed E-state index contributed by atoms with van der Waals surface area (Å²) in [6.45, 7) is 0. The maximum Gasteiger partial charge on any atom is 0.308 e. The number of benzene rings is 1. The number of hydrogen-bond donors (Lipinski definition) is 1. The number of carbonyl (C=O) groups is 1. The van der Waals surface area contributed by atoms with Crippen LogP contribution in [0.2, 0.25) is 5.02 Å². The predicted molar refractivity (Wildman–Crippen MR) is 60.3 cm³/mol. The molecule has 1 aliphatic rings. The second kappa shape index (κ2) is 4.85. The normalized spacial score (nSPS) is 25.2. The van der Waals surface area contributed by atoms with Crippen molar-refractivity contribution in [3.8, 4) is 0 Å². The van der Waals surface area contributed by atoms with Gasteiger partial charge in [0.15, 0.2) is 0 Å². The molecule has 2 unspecified atom stereocenters. The first-order valence-electron chi connectivity index (χ1n) is 5.26. The third-order valence-corrected chi connectivity index (χ3v) is 3.01. The smallest absolute Gasteiger partial charge is 0.308 e. The van der Waals surface area contributed by atoms with Gasteiger partial charge in [-0.1, -0.05) is 29.8 Å². The van der Waals surface area contributed by atoms with E-state index in [-0.39, 0.29) is 18.5 Å². The van der Waals surface area contributed by atoms with Gasteiger partial charge in [0.25, 0.3) is 0 Å². The third kappa shape index (κ3) is 2.74. The van der Waals surface area contributed by atoms with Crippen LogP contribution in [0.15, 0.2) is 24.3 Å². The topological polar surface area (TPSA) is 46.5 Å². The Hall–Kier alpha value is -1.06. The van der Waals surface area contributed by atoms with Crippen LogP contribution >= 0.6 is 11.6 Å². The molecule has 2 rings (SSSR count). The van der Waals surface area contributed by atoms with Gasteiger partial charge in [0.1, 0.15) is 6.10 Å². The number of halogens is 1. The molecule has 1 fully saturated rings. The molecule has 16 heavy (non-hydrogen) atoms. The van der Waals surface area contributed by atoms with Crippen LogP contribution in [-0.4, -0.2) is 23.3 Å². The van der Waals surface area contributed by atoms with Crippen molar-refractivity contribution in [2.45, 2.75) is 31.5 Å². The number of rotatable bonds is 2. The summed E-state index contributed by atoms with van der Waals surface area (Å²) in [5.74, 6) is -0.337. The van der Waals surface area contributed by atoms with Gasteiger partial charge in [-0.3, -0.25) is 4.79 Å². The number of carbonyl (C=O) groups excluding carboxylic acids is 1. The Kier molecular flexibility index (Phi) is 3.46. The molecule has 0 bridgehead atoms. The Morgan fingerprint density at radius 3 is 2.88 bits per heavy atom. The number of ether oxygens (including phenoxy) is 1. The minimum absolute atomic E-state index is 0.0963. The molecule has 0 aliphatic carbocycles. The van der Waals surface area contributed by atoms with Crippen LogP contribution < -0.4 is 0 Å². The van der Waals surface area contributed by atoms with Crippen molar-refractivity contribution in [1.82, 2.24) is 0 Å². The Morgan fingerprint density at radius 1 is 1.44 bits per heavy atom. The minimum Gasteiger partial charge on any atom is -0.462 e. The second-order valence-corrected chi connectivity index (χ2v) is 4.41. The van der Waals surface area contributed by atoms with Gasteiger partial charge in [-0.05, 0) is 11.6 Å². The SMILES string of the molecule is O=C1CC(O)CC(Cc2ccccc2Cl)O1. The molecule has 1 aromatic rings. The number of aliphatic hydroxyl groups excluding tert-OH is 1. The summed E-state index contributed by atoms with van der Waals surface area (Å²) in [5.41, 5.74) is 0.941. The summed E-state index contributed by atoms with van der Waals surface area (Å²) in [5, 5.41) is 10.1. The van der Waals surface area contributed by atoms with Crippen LogP contribution in [0.1, 0.15) is 18.4 Å². The van der Waals surface area contributed by atoms with Crippen LogP contribution in [0.25, 0.3) is 0 Å². The average Bonchev–Trinajstić information content (AvgIpc) is 2.20. The molecule has 0 radical (unpaired) electrons. The highest BCUT2D eigenvalue weighted by molar-refractivity contribution is 6.31. The first-order chi connectivity index (χ1) is 7.65. The van der Waals surface area contributed by atoms with Crippen LogP contribution in [0.5, 0.6) is 0 Å². The van der Waals surface area contributed by atoms with Gasteiger partial charge in [0, 0.05) is 17.9 Å². The molecule has 0 amide bonds. The molecule has 86 valence electrons. The van der Waals surface area contributed by atoms with E-state index in [1.165, 1.54) is 0 Å². The van der Waals surface area contributed by atoms with Gasteiger partial charge in [0.05, 0.1) is 12.5 Å². The molecule has 1 heterocycles. The van der Waals surface area contributed by atoms with Crippen molar-refractivity contribution >= 4 is 17.6 Å². The maximum atomic E-state index is 11.1. The lowest BCUT2D eigenvalue weighted by Crippen LogP contribution is -2.33. The quantitative estimate of drug-likeness (QED) is 0.804. The summed E-state index contributed by atoms with van der Waals surface area (Å²) >= 11 is 6.01. The first-order valence-corrected chi connectivity index (χ1v) is 5.64. The molecule has 1 aliphatic heterocycles. The fourth-order valence-electron chi connectivity index (χ4n) is 1.90. The molecule has 0 aromatic heterocycles. The molecule has 1 N–H and O–H groups in total. The van der Waals surface area contributed by atoms with Crippen LogP contribution in [0.3, 0.4) is 0 Å². The van der Waals surface area contributed by atoms with Gasteiger partial charge in [0.2, 0.25) is 0 Å². The zero-order valence-electron chi connectivity index (χ0n) is 8.73. The van der Waals surface area contributed by atoms with Crippen LogP contribution in [-0.2, 0) is 16.0 Å². The van der Waals surface area contributed by atoms with Crippen molar-refractivity contribution in [2.24, 2.45) is 0 Å². The predicted octanol–water partition coefficient (Wildman–Crippen LogP) is 1.95. The minimum atomic E-state index is -0.589. The highest BCUT2D eigenvalue weighted by atomic mass is 35.5. The van der Waals surface area contributed by atoms with Gasteiger partial charge < -0.3 is 9.84 Å². The van der Waals surface area contributed by atoms with E-state index in [1.807, 2.05) is 18.2 Å². The van der Waals surface area contributed by atoms with E-state index in [9.17, 15) is 9.90 Å². The number of hydrogen-bond acceptors (Lipinski definition) is 3. The fourth-order valence-corrected chi connectivity index (χ4v) is 2.11. The Bertz CT molecular complexity index is 392. The lowest BCUT2D eigenvalue weighted by atomic mass is 9.99. The Balaban J connectivity index is 2.04. The van der Waals surface area contributed by atoms with E-state index >= 15 is 0 Å². The van der Waals surface area contributed by atoms with E-state index in [2.05, 4.69) is 0 Å². The van der Waals surface area contributed by atoms with E-state index in [4.69, 9.17) is 16.3 Å². The van der Waals surface area contributed by atoms with E-state index in [1.54, 1.807) is 6.07 Å². The van der Waals surface area contributed by atoms with Crippen molar-refractivity contribution in [2.75, 3.05) is 0 Å². The second-order valence-electron chi connectivity index (χ2n) is 4.00. The van der Waals surface area contributed by atoms with Gasteiger partial charge in [-0.15, -0.1) is 0 Å². The zero-order valence-corrected chi connectivity index (χ0v) is 9.48. The Labute approximate surface area is 99.0 Å². The molecule has 4 heteroatoms. The van der Waals surface area contributed by atoms with Crippen molar-refractivity contribution in [3.63, 3.8) is 0 Å². The largest absolute Gasteiger partial charge is 0.462 e. The first kappa shape index (κ1) is 11.4. The highest BCUT2D eigenvalue weighted by Gasteiger charge is 2.27. The summed E-state index contributed by atoms with van der Waals surface area (Å²) < 4.78 is 5.16. The third-order valence-electron chi connectivity index (χ3n) is 2.64. The van der Waals surface area contributed by atoms with Crippen LogP contribution in [0.4, 0.5) is 0 Å². The molecule has 0 saturated carbocycles. The number of esters is 1. The summed E-state index contributed by atoms with van der Waals surface area (Å²) in [6.07, 6.45) is 0.281. The van der Waals surface area contributed by atoms with E-state index in [0.29, 0.717) is 17.9 Å². The lowest BCUT2D eigenvalue weighted by Gasteiger charge is -2.26. The molecular formula is C12H13ClO3. The average molecular weight is 241 g/mol. The summed E-state index contributed by atoms with van der Waals surface area (Å²) in [6, 6.07) is 7.45. The molecule has 3 nitrogen and oxygen atoms in total.